The van der Waals surface area contributed by atoms with E-state index in [0.29, 0.717) is 15.6 Å². The van der Waals surface area contributed by atoms with Crippen molar-refractivity contribution in [2.75, 3.05) is 0 Å². The second kappa shape index (κ2) is 2.02. The lowest BCUT2D eigenvalue weighted by Crippen LogP contribution is -1.79. The largest absolute Gasteiger partial charge is 0.261 e. The normalized spacial score (nSPS) is 13.3. The van der Waals surface area contributed by atoms with E-state index < -0.39 is 0 Å². The fourth-order valence-corrected chi connectivity index (χ4v) is 1.00. The molecule has 5 heteroatoms. The number of fused-ring (bicyclic) bond motifs is 1. The van der Waals surface area contributed by atoms with Gasteiger partial charge in [-0.2, -0.15) is 5.10 Å². The van der Waals surface area contributed by atoms with Gasteiger partial charge in [0.15, 0.2) is 5.65 Å². The monoisotopic (exact) mass is 200 g/mol. The second-order valence-electron chi connectivity index (χ2n) is 1.67. The summed E-state index contributed by atoms with van der Waals surface area (Å²) in [4.78, 5) is 7.47. The Morgan fingerprint density at radius 2 is 2.50 bits per heavy atom. The number of halogens is 1. The van der Waals surface area contributed by atoms with Crippen LogP contribution in [0.5, 0.6) is 0 Å². The highest BCUT2D eigenvalue weighted by Crippen LogP contribution is 2.15. The van der Waals surface area contributed by atoms with Gasteiger partial charge < -0.3 is 0 Å². The van der Waals surface area contributed by atoms with Crippen molar-refractivity contribution in [3.05, 3.63) is 17.1 Å². The zero-order valence-electron chi connectivity index (χ0n) is 6.72. The summed E-state index contributed by atoms with van der Waals surface area (Å²) >= 11 is 3.13. The maximum Gasteiger partial charge on any atom is 0.159 e. The third-order valence-corrected chi connectivity index (χ3v) is 1.66. The fourth-order valence-electron chi connectivity index (χ4n) is 0.645. The number of rotatable bonds is 0. The van der Waals surface area contributed by atoms with Crippen LogP contribution in [0.2, 0.25) is 0 Å². The maximum absolute atomic E-state index is 7.34. The SMILES string of the molecule is [2H]c1nc(Br)c2c([2H])n[nH]c2n1. The molecule has 0 aliphatic carbocycles. The average Bonchev–Trinajstić information content (AvgIpc) is 2.31. The Balaban J connectivity index is 2.93. The standard InChI is InChI=1S/C5H3BrN4/c6-4-3-1-9-10-5(3)8-2-7-4/h1-2H,(H,7,8,9,10)/i1D,2D. The van der Waals surface area contributed by atoms with Crippen molar-refractivity contribution < 1.29 is 2.74 Å². The number of hydrogen-bond donors (Lipinski definition) is 1. The number of aromatic nitrogens is 4. The molecule has 10 heavy (non-hydrogen) atoms. The first-order chi connectivity index (χ1) is 5.68. The summed E-state index contributed by atoms with van der Waals surface area (Å²) in [6.45, 7) is 0. The third-order valence-electron chi connectivity index (χ3n) is 1.08. The topological polar surface area (TPSA) is 54.5 Å². The summed E-state index contributed by atoms with van der Waals surface area (Å²) in [5.41, 5.74) is 0.409. The van der Waals surface area contributed by atoms with Gasteiger partial charge >= 0.3 is 0 Å². The zero-order chi connectivity index (χ0) is 8.72. The van der Waals surface area contributed by atoms with Gasteiger partial charge in [0.2, 0.25) is 0 Å². The van der Waals surface area contributed by atoms with Crippen LogP contribution in [-0.4, -0.2) is 20.2 Å². The molecule has 4 nitrogen and oxygen atoms in total. The van der Waals surface area contributed by atoms with Crippen LogP contribution in [0.15, 0.2) is 17.1 Å². The number of H-pyrrole nitrogens is 1. The molecule has 0 saturated carbocycles. The molecular weight excluding hydrogens is 196 g/mol. The van der Waals surface area contributed by atoms with Gasteiger partial charge in [-0.1, -0.05) is 0 Å². The van der Waals surface area contributed by atoms with Crippen molar-refractivity contribution in [1.29, 1.82) is 0 Å². The predicted octanol–water partition coefficient (Wildman–Crippen LogP) is 1.12. The summed E-state index contributed by atoms with van der Waals surface area (Å²) in [7, 11) is 0. The Morgan fingerprint density at radius 1 is 1.60 bits per heavy atom. The van der Waals surface area contributed by atoms with Gasteiger partial charge in [-0.05, 0) is 15.9 Å². The van der Waals surface area contributed by atoms with Crippen LogP contribution in [-0.2, 0) is 0 Å². The van der Waals surface area contributed by atoms with Crippen molar-refractivity contribution in [1.82, 2.24) is 20.2 Å². The molecule has 2 aromatic heterocycles. The first kappa shape index (κ1) is 4.02. The van der Waals surface area contributed by atoms with E-state index in [4.69, 9.17) is 2.74 Å². The second-order valence-corrected chi connectivity index (χ2v) is 2.42. The Kier molecular flexibility index (Phi) is 0.811. The lowest BCUT2D eigenvalue weighted by Gasteiger charge is -1.87. The highest BCUT2D eigenvalue weighted by atomic mass is 79.9. The molecule has 0 aliphatic rings. The molecule has 0 radical (unpaired) electrons. The molecule has 0 spiro atoms. The van der Waals surface area contributed by atoms with Gasteiger partial charge in [-0.3, -0.25) is 5.10 Å². The molecule has 2 rings (SSSR count). The molecule has 2 heterocycles. The third kappa shape index (κ3) is 0.706. The van der Waals surface area contributed by atoms with Gasteiger partial charge in [-0.15, -0.1) is 0 Å². The molecule has 0 saturated heterocycles. The van der Waals surface area contributed by atoms with E-state index in [0.717, 1.165) is 0 Å². The summed E-state index contributed by atoms with van der Waals surface area (Å²) < 4.78 is 14.9. The zero-order valence-corrected chi connectivity index (χ0v) is 6.31. The minimum atomic E-state index is -0.0991. The van der Waals surface area contributed by atoms with Crippen LogP contribution in [0, 0.1) is 0 Å². The first-order valence-electron chi connectivity index (χ1n) is 3.53. The van der Waals surface area contributed by atoms with Gasteiger partial charge in [-0.25, -0.2) is 9.97 Å². The van der Waals surface area contributed by atoms with Crippen LogP contribution >= 0.6 is 15.9 Å². The summed E-state index contributed by atoms with van der Waals surface area (Å²) in [6.07, 6.45) is -0.0186. The molecule has 0 unspecified atom stereocenters. The van der Waals surface area contributed by atoms with Crippen LogP contribution in [0.1, 0.15) is 2.74 Å². The van der Waals surface area contributed by atoms with E-state index in [1.54, 1.807) is 0 Å². The van der Waals surface area contributed by atoms with Crippen LogP contribution < -0.4 is 0 Å². The quantitative estimate of drug-likeness (QED) is 0.649. The highest BCUT2D eigenvalue weighted by molar-refractivity contribution is 9.10. The van der Waals surface area contributed by atoms with E-state index in [1.807, 2.05) is 0 Å². The van der Waals surface area contributed by atoms with E-state index in [1.165, 1.54) is 0 Å². The molecule has 0 bridgehead atoms. The van der Waals surface area contributed by atoms with Gasteiger partial charge in [0.05, 0.1) is 12.9 Å². The Bertz CT molecular complexity index is 440. The summed E-state index contributed by atoms with van der Waals surface area (Å²) in [5.74, 6) is 0. The summed E-state index contributed by atoms with van der Waals surface area (Å²) in [6, 6.07) is 0. The van der Waals surface area contributed by atoms with Crippen LogP contribution in [0.3, 0.4) is 0 Å². The molecule has 50 valence electrons. The molecule has 0 amide bonds. The van der Waals surface area contributed by atoms with Crippen molar-refractivity contribution in [3.63, 3.8) is 0 Å². The van der Waals surface area contributed by atoms with Crippen molar-refractivity contribution >= 4 is 27.0 Å². The molecule has 1 N–H and O–H groups in total. The Hall–Kier alpha value is -0.970. The van der Waals surface area contributed by atoms with E-state index in [-0.39, 0.29) is 12.5 Å². The smallest absolute Gasteiger partial charge is 0.159 e. The number of hydrogen-bond acceptors (Lipinski definition) is 3. The van der Waals surface area contributed by atoms with E-state index in [9.17, 15) is 0 Å². The number of aromatic amines is 1. The van der Waals surface area contributed by atoms with E-state index >= 15 is 0 Å². The van der Waals surface area contributed by atoms with Gasteiger partial charge in [0.25, 0.3) is 0 Å². The summed E-state index contributed by atoms with van der Waals surface area (Å²) in [5, 5.41) is 6.66. The molecule has 0 atom stereocenters. The predicted molar refractivity (Wildman–Crippen MR) is 39.4 cm³/mol. The molecular formula is C5H3BrN4. The maximum atomic E-state index is 7.34. The lowest BCUT2D eigenvalue weighted by atomic mass is 10.5. The number of nitrogens with one attached hydrogen (secondary N) is 1. The van der Waals surface area contributed by atoms with Crippen LogP contribution in [0.4, 0.5) is 0 Å². The average molecular weight is 201 g/mol. The molecule has 0 fully saturated rings. The van der Waals surface area contributed by atoms with Crippen molar-refractivity contribution in [2.24, 2.45) is 0 Å². The van der Waals surface area contributed by atoms with E-state index in [2.05, 4.69) is 36.1 Å². The van der Waals surface area contributed by atoms with Crippen LogP contribution in [0.25, 0.3) is 11.0 Å². The van der Waals surface area contributed by atoms with Crippen molar-refractivity contribution in [2.45, 2.75) is 0 Å². The van der Waals surface area contributed by atoms with Gasteiger partial charge in [0, 0.05) is 0 Å². The minimum Gasteiger partial charge on any atom is -0.261 e. The molecule has 0 aliphatic heterocycles. The molecule has 0 aromatic carbocycles. The first-order valence-corrected chi connectivity index (χ1v) is 3.32. The number of nitrogens with zero attached hydrogens (tertiary/aromatic N) is 3. The minimum absolute atomic E-state index is 0.0804. The fraction of sp³-hybridized carbons (Fsp3) is 0. The highest BCUT2D eigenvalue weighted by Gasteiger charge is 1.99. The van der Waals surface area contributed by atoms with Gasteiger partial charge in [0.1, 0.15) is 12.3 Å². The van der Waals surface area contributed by atoms with Crippen molar-refractivity contribution in [3.8, 4) is 0 Å². The Labute approximate surface area is 67.6 Å². The molecule has 2 aromatic rings. The Morgan fingerprint density at radius 3 is 3.40 bits per heavy atom. The lowest BCUT2D eigenvalue weighted by molar-refractivity contribution is 1.09.